The van der Waals surface area contributed by atoms with Crippen molar-refractivity contribution < 1.29 is 23.3 Å². The molecular weight excluding hydrogens is 432 g/mol. The first-order valence-corrected chi connectivity index (χ1v) is 10.6. The number of carbonyl (C=O) groups is 2. The Labute approximate surface area is 180 Å². The van der Waals surface area contributed by atoms with Gasteiger partial charge in [0.1, 0.15) is 18.0 Å². The monoisotopic (exact) mass is 450 g/mol. The van der Waals surface area contributed by atoms with E-state index >= 15 is 0 Å². The molecule has 2 aromatic heterocycles. The smallest absolute Gasteiger partial charge is 0.336 e. The van der Waals surface area contributed by atoms with Gasteiger partial charge in [-0.1, -0.05) is 23.7 Å². The highest BCUT2D eigenvalue weighted by Crippen LogP contribution is 2.26. The number of anilines is 1. The molecule has 0 aliphatic carbocycles. The van der Waals surface area contributed by atoms with Crippen LogP contribution in [0.15, 0.2) is 38.0 Å². The van der Waals surface area contributed by atoms with Crippen molar-refractivity contribution in [1.29, 1.82) is 0 Å². The van der Waals surface area contributed by atoms with Crippen LogP contribution in [0.3, 0.4) is 0 Å². The number of thioether (sulfide) groups is 1. The predicted octanol–water partition coefficient (Wildman–Crippen LogP) is 3.72. The second-order valence-electron chi connectivity index (χ2n) is 6.41. The van der Waals surface area contributed by atoms with E-state index in [-0.39, 0.29) is 24.0 Å². The molecule has 0 saturated carbocycles. The molecule has 158 valence electrons. The lowest BCUT2D eigenvalue weighted by Crippen LogP contribution is -2.16. The zero-order valence-corrected chi connectivity index (χ0v) is 17.9. The highest BCUT2D eigenvalue weighted by Gasteiger charge is 2.13. The van der Waals surface area contributed by atoms with Crippen molar-refractivity contribution in [2.45, 2.75) is 26.9 Å². The van der Waals surface area contributed by atoms with E-state index in [9.17, 15) is 14.4 Å². The van der Waals surface area contributed by atoms with Crippen LogP contribution in [0.5, 0.6) is 0 Å². The minimum atomic E-state index is -0.535. The Morgan fingerprint density at radius 2 is 2.00 bits per heavy atom. The first-order chi connectivity index (χ1) is 14.4. The standard InChI is InChI=1S/C20H19ClN2O6S/c1-3-12-5-16-14(7-15(12)21)13(6-19(25)28-16)8-27-20(26)10-30-9-18(24)22-17-4-11(2)29-23-17/h4-7H,3,8-10H2,1-2H3,(H,22,23,24). The van der Waals surface area contributed by atoms with E-state index < -0.39 is 11.6 Å². The minimum absolute atomic E-state index is 0.0224. The van der Waals surface area contributed by atoms with Gasteiger partial charge in [-0.3, -0.25) is 9.59 Å². The van der Waals surface area contributed by atoms with Crippen LogP contribution < -0.4 is 10.9 Å². The van der Waals surface area contributed by atoms with Gasteiger partial charge in [0, 0.05) is 28.1 Å². The van der Waals surface area contributed by atoms with Crippen LogP contribution in [-0.4, -0.2) is 28.5 Å². The van der Waals surface area contributed by atoms with E-state index in [4.69, 9.17) is 25.3 Å². The van der Waals surface area contributed by atoms with Crippen molar-refractivity contribution >= 4 is 52.0 Å². The number of aryl methyl sites for hydroxylation is 2. The van der Waals surface area contributed by atoms with Crippen molar-refractivity contribution in [3.63, 3.8) is 0 Å². The number of carbonyl (C=O) groups excluding carboxylic acids is 2. The van der Waals surface area contributed by atoms with E-state index in [1.807, 2.05) is 6.92 Å². The maximum absolute atomic E-state index is 12.0. The largest absolute Gasteiger partial charge is 0.460 e. The molecule has 10 heteroatoms. The van der Waals surface area contributed by atoms with Gasteiger partial charge in [-0.2, -0.15) is 0 Å². The maximum atomic E-state index is 12.0. The number of amides is 1. The van der Waals surface area contributed by atoms with Crippen LogP contribution in [0.4, 0.5) is 5.82 Å². The number of benzene rings is 1. The molecular formula is C20H19ClN2O6S. The van der Waals surface area contributed by atoms with Crippen molar-refractivity contribution in [2.24, 2.45) is 0 Å². The van der Waals surface area contributed by atoms with Crippen LogP contribution in [0.2, 0.25) is 5.02 Å². The highest BCUT2D eigenvalue weighted by molar-refractivity contribution is 8.00. The average Bonchev–Trinajstić information content (AvgIpc) is 3.10. The van der Waals surface area contributed by atoms with Crippen molar-refractivity contribution in [1.82, 2.24) is 5.16 Å². The van der Waals surface area contributed by atoms with E-state index in [2.05, 4.69) is 10.5 Å². The summed E-state index contributed by atoms with van der Waals surface area (Å²) in [7, 11) is 0. The number of ether oxygens (including phenoxy) is 1. The second-order valence-corrected chi connectivity index (χ2v) is 7.80. The molecule has 1 N–H and O–H groups in total. The number of hydrogen-bond acceptors (Lipinski definition) is 8. The molecule has 3 aromatic rings. The summed E-state index contributed by atoms with van der Waals surface area (Å²) in [5, 5.41) is 7.38. The Hall–Kier alpha value is -2.78. The van der Waals surface area contributed by atoms with E-state index in [0.717, 1.165) is 17.3 Å². The van der Waals surface area contributed by atoms with Gasteiger partial charge in [-0.25, -0.2) is 4.79 Å². The first kappa shape index (κ1) is 21.9. The van der Waals surface area contributed by atoms with Gasteiger partial charge in [0.2, 0.25) is 5.91 Å². The van der Waals surface area contributed by atoms with Gasteiger partial charge in [0.15, 0.2) is 5.82 Å². The third-order valence-electron chi connectivity index (χ3n) is 4.12. The second kappa shape index (κ2) is 9.82. The number of nitrogens with one attached hydrogen (secondary N) is 1. The minimum Gasteiger partial charge on any atom is -0.460 e. The summed E-state index contributed by atoms with van der Waals surface area (Å²) in [6, 6.07) is 6.28. The molecule has 0 atom stereocenters. The Morgan fingerprint density at radius 1 is 1.20 bits per heavy atom. The van der Waals surface area contributed by atoms with Crippen molar-refractivity contribution in [3.05, 3.63) is 56.6 Å². The molecule has 1 amide bonds. The molecule has 3 rings (SSSR count). The van der Waals surface area contributed by atoms with Gasteiger partial charge >= 0.3 is 11.6 Å². The Bertz CT molecular complexity index is 1140. The molecule has 8 nitrogen and oxygen atoms in total. The molecule has 0 fully saturated rings. The quantitative estimate of drug-likeness (QED) is 0.408. The number of rotatable bonds is 8. The van der Waals surface area contributed by atoms with E-state index in [1.54, 1.807) is 25.1 Å². The molecule has 0 spiro atoms. The maximum Gasteiger partial charge on any atom is 0.336 e. The Morgan fingerprint density at radius 3 is 2.70 bits per heavy atom. The lowest BCUT2D eigenvalue weighted by Gasteiger charge is -2.09. The number of aromatic nitrogens is 1. The lowest BCUT2D eigenvalue weighted by atomic mass is 10.1. The Balaban J connectivity index is 1.54. The zero-order valence-electron chi connectivity index (χ0n) is 16.3. The molecule has 0 unspecified atom stereocenters. The number of esters is 1. The van der Waals surface area contributed by atoms with Gasteiger partial charge in [0.05, 0.1) is 11.5 Å². The molecule has 0 radical (unpaired) electrons. The summed E-state index contributed by atoms with van der Waals surface area (Å²) in [4.78, 5) is 35.7. The predicted molar refractivity (Wildman–Crippen MR) is 114 cm³/mol. The third kappa shape index (κ3) is 5.64. The van der Waals surface area contributed by atoms with Crippen LogP contribution in [0.25, 0.3) is 11.0 Å². The molecule has 1 aromatic carbocycles. The number of fused-ring (bicyclic) bond motifs is 1. The number of nitrogens with zero attached hydrogens (tertiary/aromatic N) is 1. The number of halogens is 1. The summed E-state index contributed by atoms with van der Waals surface area (Å²) in [6.07, 6.45) is 0.693. The van der Waals surface area contributed by atoms with Crippen LogP contribution in [-0.2, 0) is 27.4 Å². The molecule has 0 saturated heterocycles. The van der Waals surface area contributed by atoms with Crippen LogP contribution in [0.1, 0.15) is 23.8 Å². The fraction of sp³-hybridized carbons (Fsp3) is 0.300. The molecule has 2 heterocycles. The van der Waals surface area contributed by atoms with E-state index in [1.165, 1.54) is 6.07 Å². The lowest BCUT2D eigenvalue weighted by molar-refractivity contribution is -0.141. The van der Waals surface area contributed by atoms with Gasteiger partial charge < -0.3 is 19.0 Å². The fourth-order valence-electron chi connectivity index (χ4n) is 2.71. The number of hydrogen-bond donors (Lipinski definition) is 1. The van der Waals surface area contributed by atoms with Gasteiger partial charge in [-0.15, -0.1) is 11.8 Å². The average molecular weight is 451 g/mol. The summed E-state index contributed by atoms with van der Waals surface area (Å²) >= 11 is 7.35. The van der Waals surface area contributed by atoms with Crippen LogP contribution in [0, 0.1) is 6.92 Å². The fourth-order valence-corrected chi connectivity index (χ4v) is 3.62. The van der Waals surface area contributed by atoms with Crippen molar-refractivity contribution in [3.8, 4) is 0 Å². The van der Waals surface area contributed by atoms with E-state index in [0.29, 0.717) is 39.6 Å². The zero-order chi connectivity index (χ0) is 21.7. The van der Waals surface area contributed by atoms with Gasteiger partial charge in [-0.05, 0) is 31.0 Å². The SMILES string of the molecule is CCc1cc2oc(=O)cc(COC(=O)CSCC(=O)Nc3cc(C)on3)c2cc1Cl. The summed E-state index contributed by atoms with van der Waals surface area (Å²) in [5.41, 5.74) is 1.22. The normalized spacial score (nSPS) is 10.9. The highest BCUT2D eigenvalue weighted by atomic mass is 35.5. The molecule has 30 heavy (non-hydrogen) atoms. The molecule has 0 bridgehead atoms. The topological polar surface area (TPSA) is 112 Å². The van der Waals surface area contributed by atoms with Crippen molar-refractivity contribution in [2.75, 3.05) is 16.8 Å². The Kier molecular flexibility index (Phi) is 7.17. The third-order valence-corrected chi connectivity index (χ3v) is 5.37. The first-order valence-electron chi connectivity index (χ1n) is 9.07. The molecule has 0 aliphatic rings. The van der Waals surface area contributed by atoms with Gasteiger partial charge in [0.25, 0.3) is 0 Å². The summed E-state index contributed by atoms with van der Waals surface area (Å²) in [6.45, 7) is 3.55. The summed E-state index contributed by atoms with van der Waals surface area (Å²) in [5.74, 6) is 0.105. The summed E-state index contributed by atoms with van der Waals surface area (Å²) < 4.78 is 15.3. The van der Waals surface area contributed by atoms with Crippen LogP contribution >= 0.6 is 23.4 Å². The molecule has 0 aliphatic heterocycles.